The van der Waals surface area contributed by atoms with Gasteiger partial charge in [0.2, 0.25) is 15.9 Å². The first-order valence-corrected chi connectivity index (χ1v) is 10.4. The SMILES string of the molecule is CC(=O)N1CCN(S(=O)(=O)c2ccc(-c3ccc(Cl)cc3)cc2)C(C(=O)O)C1. The molecule has 2 aromatic carbocycles. The molecule has 1 heterocycles. The molecule has 0 saturated carbocycles. The fourth-order valence-electron chi connectivity index (χ4n) is 3.14. The first-order valence-electron chi connectivity index (χ1n) is 8.56. The van der Waals surface area contributed by atoms with Gasteiger partial charge in [0.1, 0.15) is 6.04 Å². The number of aliphatic carboxylic acids is 1. The zero-order valence-corrected chi connectivity index (χ0v) is 16.7. The molecule has 0 bridgehead atoms. The number of benzene rings is 2. The fraction of sp³-hybridized carbons (Fsp3) is 0.263. The maximum absolute atomic E-state index is 13.0. The van der Waals surface area contributed by atoms with Gasteiger partial charge in [0.05, 0.1) is 4.90 Å². The van der Waals surface area contributed by atoms with Crippen LogP contribution in [-0.4, -0.2) is 60.3 Å². The van der Waals surface area contributed by atoms with Crippen LogP contribution in [0.4, 0.5) is 0 Å². The second-order valence-corrected chi connectivity index (χ2v) is 8.79. The Morgan fingerprint density at radius 1 is 1.00 bits per heavy atom. The molecular weight excluding hydrogens is 404 g/mol. The van der Waals surface area contributed by atoms with Crippen LogP contribution < -0.4 is 0 Å². The second kappa shape index (κ2) is 7.90. The molecule has 0 aliphatic carbocycles. The van der Waals surface area contributed by atoms with Crippen LogP contribution in [0.2, 0.25) is 5.02 Å². The normalized spacial score (nSPS) is 18.1. The van der Waals surface area contributed by atoms with Gasteiger partial charge >= 0.3 is 5.97 Å². The van der Waals surface area contributed by atoms with Gasteiger partial charge < -0.3 is 10.0 Å². The molecule has 1 aliphatic heterocycles. The van der Waals surface area contributed by atoms with E-state index in [4.69, 9.17) is 11.6 Å². The summed E-state index contributed by atoms with van der Waals surface area (Å²) >= 11 is 5.88. The van der Waals surface area contributed by atoms with E-state index in [9.17, 15) is 23.1 Å². The van der Waals surface area contributed by atoms with E-state index in [0.717, 1.165) is 15.4 Å². The summed E-state index contributed by atoms with van der Waals surface area (Å²) in [6, 6.07) is 12.1. The van der Waals surface area contributed by atoms with Gasteiger partial charge in [-0.3, -0.25) is 9.59 Å². The number of hydrogen-bond acceptors (Lipinski definition) is 4. The van der Waals surface area contributed by atoms with E-state index >= 15 is 0 Å². The summed E-state index contributed by atoms with van der Waals surface area (Å²) in [6.07, 6.45) is 0. The Hall–Kier alpha value is -2.42. The van der Waals surface area contributed by atoms with Gasteiger partial charge in [-0.2, -0.15) is 4.31 Å². The van der Waals surface area contributed by atoms with Gasteiger partial charge in [0.15, 0.2) is 0 Å². The molecule has 28 heavy (non-hydrogen) atoms. The highest BCUT2D eigenvalue weighted by Crippen LogP contribution is 2.26. The molecule has 148 valence electrons. The van der Waals surface area contributed by atoms with Gasteiger partial charge in [-0.25, -0.2) is 8.42 Å². The lowest BCUT2D eigenvalue weighted by Crippen LogP contribution is -2.58. The molecule has 9 heteroatoms. The lowest BCUT2D eigenvalue weighted by Gasteiger charge is -2.38. The number of halogens is 1. The minimum atomic E-state index is -4.02. The molecule has 1 unspecified atom stereocenters. The second-order valence-electron chi connectivity index (χ2n) is 6.47. The van der Waals surface area contributed by atoms with E-state index in [-0.39, 0.29) is 30.4 Å². The summed E-state index contributed by atoms with van der Waals surface area (Å²) in [5, 5.41) is 10.1. The Morgan fingerprint density at radius 2 is 1.54 bits per heavy atom. The van der Waals surface area contributed by atoms with Crippen LogP contribution in [0.15, 0.2) is 53.4 Å². The van der Waals surface area contributed by atoms with E-state index in [1.54, 1.807) is 24.3 Å². The van der Waals surface area contributed by atoms with Gasteiger partial charge in [0, 0.05) is 31.6 Å². The number of amides is 1. The number of carbonyl (C=O) groups excluding carboxylic acids is 1. The van der Waals surface area contributed by atoms with Crippen molar-refractivity contribution in [3.05, 3.63) is 53.6 Å². The number of rotatable bonds is 4. The number of nitrogens with zero attached hydrogens (tertiary/aromatic N) is 2. The number of carbonyl (C=O) groups is 2. The van der Waals surface area contributed by atoms with Crippen LogP contribution in [-0.2, 0) is 19.6 Å². The molecule has 0 spiro atoms. The van der Waals surface area contributed by atoms with Crippen molar-refractivity contribution < 1.29 is 23.1 Å². The van der Waals surface area contributed by atoms with Crippen molar-refractivity contribution in [3.63, 3.8) is 0 Å². The van der Waals surface area contributed by atoms with Gasteiger partial charge in [-0.1, -0.05) is 35.9 Å². The average molecular weight is 423 g/mol. The Labute approximate surface area is 168 Å². The Morgan fingerprint density at radius 3 is 2.04 bits per heavy atom. The molecule has 0 aromatic heterocycles. The topological polar surface area (TPSA) is 95.0 Å². The zero-order valence-electron chi connectivity index (χ0n) is 15.1. The number of sulfonamides is 1. The standard InChI is InChI=1S/C19H19ClN2O5S/c1-13(23)21-10-11-22(18(12-21)19(24)25)28(26,27)17-8-4-15(5-9-17)14-2-6-16(20)7-3-14/h2-9,18H,10-12H2,1H3,(H,24,25). The Balaban J connectivity index is 1.88. The van der Waals surface area contributed by atoms with Crippen molar-refractivity contribution in [3.8, 4) is 11.1 Å². The smallest absolute Gasteiger partial charge is 0.323 e. The number of hydrogen-bond donors (Lipinski definition) is 1. The Kier molecular flexibility index (Phi) is 5.74. The van der Waals surface area contributed by atoms with Crippen molar-refractivity contribution in [2.75, 3.05) is 19.6 Å². The molecule has 1 N–H and O–H groups in total. The predicted octanol–water partition coefficient (Wildman–Crippen LogP) is 2.31. The van der Waals surface area contributed by atoms with E-state index in [1.807, 2.05) is 12.1 Å². The van der Waals surface area contributed by atoms with E-state index in [2.05, 4.69) is 0 Å². The van der Waals surface area contributed by atoms with Gasteiger partial charge in [0.25, 0.3) is 0 Å². The van der Waals surface area contributed by atoms with Crippen LogP contribution in [0.5, 0.6) is 0 Å². The van der Waals surface area contributed by atoms with Crippen LogP contribution in [0, 0.1) is 0 Å². The average Bonchev–Trinajstić information content (AvgIpc) is 2.68. The highest BCUT2D eigenvalue weighted by Gasteiger charge is 2.40. The van der Waals surface area contributed by atoms with Crippen molar-refractivity contribution in [2.24, 2.45) is 0 Å². The maximum Gasteiger partial charge on any atom is 0.323 e. The van der Waals surface area contributed by atoms with Crippen LogP contribution in [0.1, 0.15) is 6.92 Å². The summed E-state index contributed by atoms with van der Waals surface area (Å²) in [5.74, 6) is -1.57. The molecule has 1 amide bonds. The third kappa shape index (κ3) is 4.04. The number of carboxylic acids is 1. The first kappa shape index (κ1) is 20.3. The monoisotopic (exact) mass is 422 g/mol. The molecule has 0 radical (unpaired) electrons. The molecule has 3 rings (SSSR count). The molecule has 1 aliphatic rings. The first-order chi connectivity index (χ1) is 13.2. The number of carboxylic acid groups (broad SMARTS) is 1. The zero-order chi connectivity index (χ0) is 20.5. The van der Waals surface area contributed by atoms with E-state index in [1.165, 1.54) is 24.0 Å². The van der Waals surface area contributed by atoms with E-state index < -0.39 is 22.0 Å². The van der Waals surface area contributed by atoms with Crippen molar-refractivity contribution in [1.82, 2.24) is 9.21 Å². The minimum Gasteiger partial charge on any atom is -0.480 e. The van der Waals surface area contributed by atoms with Gasteiger partial charge in [-0.05, 0) is 35.4 Å². The third-order valence-corrected chi connectivity index (χ3v) is 6.87. The third-order valence-electron chi connectivity index (χ3n) is 4.70. The van der Waals surface area contributed by atoms with Crippen molar-refractivity contribution in [2.45, 2.75) is 17.9 Å². The summed E-state index contributed by atoms with van der Waals surface area (Å²) in [7, 11) is -4.02. The molecule has 1 fully saturated rings. The van der Waals surface area contributed by atoms with Crippen LogP contribution in [0.3, 0.4) is 0 Å². The highest BCUT2D eigenvalue weighted by atomic mass is 35.5. The maximum atomic E-state index is 13.0. The van der Waals surface area contributed by atoms with Gasteiger partial charge in [-0.15, -0.1) is 0 Å². The molecule has 7 nitrogen and oxygen atoms in total. The summed E-state index contributed by atoms with van der Waals surface area (Å²) in [6.45, 7) is 1.24. The molecule has 2 aromatic rings. The molecular formula is C19H19ClN2O5S. The van der Waals surface area contributed by atoms with Crippen molar-refractivity contribution >= 4 is 33.5 Å². The minimum absolute atomic E-state index is 0.00717. The Bertz CT molecular complexity index is 990. The number of piperazine rings is 1. The van der Waals surface area contributed by atoms with Crippen LogP contribution >= 0.6 is 11.6 Å². The highest BCUT2D eigenvalue weighted by molar-refractivity contribution is 7.89. The fourth-order valence-corrected chi connectivity index (χ4v) is 4.83. The lowest BCUT2D eigenvalue weighted by atomic mass is 10.1. The van der Waals surface area contributed by atoms with Crippen LogP contribution in [0.25, 0.3) is 11.1 Å². The van der Waals surface area contributed by atoms with Crippen molar-refractivity contribution in [1.29, 1.82) is 0 Å². The summed E-state index contributed by atoms with van der Waals surface area (Å²) in [5.41, 5.74) is 1.69. The summed E-state index contributed by atoms with van der Waals surface area (Å²) < 4.78 is 27.0. The molecule has 1 saturated heterocycles. The summed E-state index contributed by atoms with van der Waals surface area (Å²) in [4.78, 5) is 24.5. The molecule has 1 atom stereocenters. The largest absolute Gasteiger partial charge is 0.480 e. The lowest BCUT2D eigenvalue weighted by molar-refractivity contribution is -0.145. The van der Waals surface area contributed by atoms with E-state index in [0.29, 0.717) is 5.02 Å². The quantitative estimate of drug-likeness (QED) is 0.815. The predicted molar refractivity (Wildman–Crippen MR) is 104 cm³/mol.